The van der Waals surface area contributed by atoms with Crippen molar-refractivity contribution in [1.29, 1.82) is 0 Å². The molecule has 0 radical (unpaired) electrons. The normalized spacial score (nSPS) is 11.4. The Balaban J connectivity index is 2.15. The smallest absolute Gasteiger partial charge is 0.238 e. The van der Waals surface area contributed by atoms with E-state index in [1.807, 2.05) is 0 Å². The summed E-state index contributed by atoms with van der Waals surface area (Å²) in [7, 11) is -3.74. The van der Waals surface area contributed by atoms with E-state index in [-0.39, 0.29) is 9.92 Å². The zero-order chi connectivity index (χ0) is 15.6. The lowest BCUT2D eigenvalue weighted by molar-refractivity contribution is 0.597. The van der Waals surface area contributed by atoms with Crippen LogP contribution >= 0.6 is 27.5 Å². The molecular weight excluding hydrogens is 383 g/mol. The van der Waals surface area contributed by atoms with Gasteiger partial charge in [0.2, 0.25) is 10.0 Å². The van der Waals surface area contributed by atoms with Gasteiger partial charge in [0.25, 0.3) is 0 Å². The van der Waals surface area contributed by atoms with E-state index in [4.69, 9.17) is 16.7 Å². The van der Waals surface area contributed by atoms with E-state index >= 15 is 0 Å². The molecule has 0 aromatic heterocycles. The summed E-state index contributed by atoms with van der Waals surface area (Å²) in [5, 5.41) is 8.18. The summed E-state index contributed by atoms with van der Waals surface area (Å²) in [5.41, 5.74) is 1.37. The Kier molecular flexibility index (Phi) is 4.88. The highest BCUT2D eigenvalue weighted by Crippen LogP contribution is 2.26. The molecule has 21 heavy (non-hydrogen) atoms. The molecule has 0 saturated carbocycles. The lowest BCUT2D eigenvalue weighted by Gasteiger charge is -2.10. The number of anilines is 1. The fourth-order valence-corrected chi connectivity index (χ4v) is 2.99. The standard InChI is InChI=1S/C13H11BrClFN2O2S/c14-10-6-9(21(17,19)20)2-4-13(10)18-7-8-1-3-11(15)12(16)5-8/h1-6,18H,7H2,(H2,17,19,20). The lowest BCUT2D eigenvalue weighted by atomic mass is 10.2. The average Bonchev–Trinajstić information content (AvgIpc) is 2.40. The monoisotopic (exact) mass is 392 g/mol. The van der Waals surface area contributed by atoms with E-state index < -0.39 is 15.8 Å². The molecule has 0 amide bonds. The first-order valence-corrected chi connectivity index (χ1v) is 8.49. The first kappa shape index (κ1) is 16.2. The van der Waals surface area contributed by atoms with Gasteiger partial charge >= 0.3 is 0 Å². The number of halogens is 3. The second-order valence-electron chi connectivity index (χ2n) is 4.29. The third-order valence-corrected chi connectivity index (χ3v) is 4.61. The number of sulfonamides is 1. The largest absolute Gasteiger partial charge is 0.380 e. The average molecular weight is 394 g/mol. The van der Waals surface area contributed by atoms with E-state index in [1.54, 1.807) is 12.1 Å². The van der Waals surface area contributed by atoms with Gasteiger partial charge in [0.15, 0.2) is 0 Å². The molecule has 3 N–H and O–H groups in total. The van der Waals surface area contributed by atoms with E-state index in [0.717, 1.165) is 0 Å². The van der Waals surface area contributed by atoms with Gasteiger partial charge in [-0.15, -0.1) is 0 Å². The van der Waals surface area contributed by atoms with Crippen LogP contribution in [-0.4, -0.2) is 8.42 Å². The summed E-state index contributed by atoms with van der Waals surface area (Å²) in [6, 6.07) is 8.89. The molecule has 0 bridgehead atoms. The number of hydrogen-bond acceptors (Lipinski definition) is 3. The van der Waals surface area contributed by atoms with Crippen LogP contribution in [0, 0.1) is 5.82 Å². The molecule has 8 heteroatoms. The summed E-state index contributed by atoms with van der Waals surface area (Å²) in [4.78, 5) is 0.0115. The van der Waals surface area contributed by atoms with Gasteiger partial charge in [-0.05, 0) is 51.8 Å². The van der Waals surface area contributed by atoms with Crippen LogP contribution in [-0.2, 0) is 16.6 Å². The minimum Gasteiger partial charge on any atom is -0.380 e. The number of nitrogens with one attached hydrogen (secondary N) is 1. The SMILES string of the molecule is NS(=O)(=O)c1ccc(NCc2ccc(Cl)c(F)c2)c(Br)c1. The third-order valence-electron chi connectivity index (χ3n) is 2.74. The third kappa shape index (κ3) is 4.16. The minimum absolute atomic E-state index is 0.0115. The van der Waals surface area contributed by atoms with Crippen LogP contribution in [0.1, 0.15) is 5.56 Å². The molecule has 0 aliphatic rings. The van der Waals surface area contributed by atoms with Crippen molar-refractivity contribution in [3.63, 3.8) is 0 Å². The molecular formula is C13H11BrClFN2O2S. The molecule has 4 nitrogen and oxygen atoms in total. The molecule has 0 fully saturated rings. The number of benzene rings is 2. The van der Waals surface area contributed by atoms with Crippen molar-refractivity contribution in [3.8, 4) is 0 Å². The summed E-state index contributed by atoms with van der Waals surface area (Å²) < 4.78 is 36.3. The minimum atomic E-state index is -3.74. The maximum atomic E-state index is 13.3. The van der Waals surface area contributed by atoms with Crippen LogP contribution in [0.15, 0.2) is 45.8 Å². The fourth-order valence-electron chi connectivity index (χ4n) is 1.66. The van der Waals surface area contributed by atoms with Crippen molar-refractivity contribution < 1.29 is 12.8 Å². The van der Waals surface area contributed by atoms with Crippen LogP contribution in [0.25, 0.3) is 0 Å². The number of rotatable bonds is 4. The van der Waals surface area contributed by atoms with Gasteiger partial charge in [0.05, 0.1) is 9.92 Å². The fraction of sp³-hybridized carbons (Fsp3) is 0.0769. The highest BCUT2D eigenvalue weighted by molar-refractivity contribution is 9.10. The van der Waals surface area contributed by atoms with Gasteiger partial charge < -0.3 is 5.32 Å². The van der Waals surface area contributed by atoms with Crippen LogP contribution in [0.2, 0.25) is 5.02 Å². The molecule has 2 aromatic rings. The second kappa shape index (κ2) is 6.31. The number of nitrogens with two attached hydrogens (primary N) is 1. The summed E-state index contributed by atoms with van der Waals surface area (Å²) >= 11 is 8.87. The highest BCUT2D eigenvalue weighted by Gasteiger charge is 2.10. The Morgan fingerprint density at radius 2 is 1.95 bits per heavy atom. The highest BCUT2D eigenvalue weighted by atomic mass is 79.9. The topological polar surface area (TPSA) is 72.2 Å². The molecule has 0 aliphatic heterocycles. The lowest BCUT2D eigenvalue weighted by Crippen LogP contribution is -2.12. The molecule has 0 spiro atoms. The first-order valence-electron chi connectivity index (χ1n) is 5.77. The summed E-state index contributed by atoms with van der Waals surface area (Å²) in [5.74, 6) is -0.486. The molecule has 2 rings (SSSR count). The molecule has 112 valence electrons. The van der Waals surface area contributed by atoms with Gasteiger partial charge in [0.1, 0.15) is 5.82 Å². The maximum absolute atomic E-state index is 13.3. The molecule has 0 unspecified atom stereocenters. The van der Waals surface area contributed by atoms with Crippen molar-refractivity contribution in [1.82, 2.24) is 0 Å². The molecule has 0 atom stereocenters. The van der Waals surface area contributed by atoms with Gasteiger partial charge in [-0.2, -0.15) is 0 Å². The summed E-state index contributed by atoms with van der Waals surface area (Å²) in [6.45, 7) is 0.363. The molecule has 0 aliphatic carbocycles. The van der Waals surface area contributed by atoms with E-state index in [0.29, 0.717) is 22.3 Å². The quantitative estimate of drug-likeness (QED) is 0.835. The van der Waals surface area contributed by atoms with Crippen LogP contribution in [0.5, 0.6) is 0 Å². The predicted molar refractivity (Wildman–Crippen MR) is 84.3 cm³/mol. The van der Waals surface area contributed by atoms with E-state index in [1.165, 1.54) is 24.3 Å². The van der Waals surface area contributed by atoms with Crippen molar-refractivity contribution in [2.45, 2.75) is 11.4 Å². The Labute approximate surface area is 135 Å². The predicted octanol–water partition coefficient (Wildman–Crippen LogP) is 3.50. The number of primary sulfonamides is 1. The van der Waals surface area contributed by atoms with Crippen molar-refractivity contribution in [2.75, 3.05) is 5.32 Å². The van der Waals surface area contributed by atoms with Crippen LogP contribution in [0.4, 0.5) is 10.1 Å². The molecule has 0 heterocycles. The Morgan fingerprint density at radius 3 is 2.52 bits per heavy atom. The van der Waals surface area contributed by atoms with Gasteiger partial charge in [-0.25, -0.2) is 17.9 Å². The number of hydrogen-bond donors (Lipinski definition) is 2. The Bertz CT molecular complexity index is 784. The zero-order valence-corrected chi connectivity index (χ0v) is 13.8. The van der Waals surface area contributed by atoms with E-state index in [9.17, 15) is 12.8 Å². The van der Waals surface area contributed by atoms with Crippen molar-refractivity contribution in [2.24, 2.45) is 5.14 Å². The van der Waals surface area contributed by atoms with Crippen LogP contribution in [0.3, 0.4) is 0 Å². The van der Waals surface area contributed by atoms with Crippen molar-refractivity contribution >= 4 is 43.2 Å². The van der Waals surface area contributed by atoms with Gasteiger partial charge in [0, 0.05) is 16.7 Å². The Hall–Kier alpha value is -1.15. The van der Waals surface area contributed by atoms with Gasteiger partial charge in [-0.3, -0.25) is 0 Å². The van der Waals surface area contributed by atoms with E-state index in [2.05, 4.69) is 21.2 Å². The Morgan fingerprint density at radius 1 is 1.24 bits per heavy atom. The summed E-state index contributed by atoms with van der Waals surface area (Å²) in [6.07, 6.45) is 0. The van der Waals surface area contributed by atoms with Crippen LogP contribution < -0.4 is 10.5 Å². The van der Waals surface area contributed by atoms with Crippen molar-refractivity contribution in [3.05, 3.63) is 57.3 Å². The first-order chi connectivity index (χ1) is 9.77. The second-order valence-corrected chi connectivity index (χ2v) is 7.11. The molecule has 0 saturated heterocycles. The zero-order valence-electron chi connectivity index (χ0n) is 10.6. The maximum Gasteiger partial charge on any atom is 0.238 e. The van der Waals surface area contributed by atoms with Gasteiger partial charge in [-0.1, -0.05) is 17.7 Å². The molecule has 2 aromatic carbocycles.